The average molecular weight is 380 g/mol. The minimum absolute atomic E-state index is 0.121. The molecule has 0 spiro atoms. The van der Waals surface area contributed by atoms with Crippen LogP contribution in [0.15, 0.2) is 43.0 Å². The highest BCUT2D eigenvalue weighted by Gasteiger charge is 2.26. The molecule has 146 valence electrons. The first kappa shape index (κ1) is 18.4. The lowest BCUT2D eigenvalue weighted by Crippen LogP contribution is -2.42. The standard InChI is InChI=1S/C20H24N6O2/c1-15-5-7-22-26(15)8-6-20(27)25-9-10-28-19(14-25)18-4-3-16(11-21-18)17-12-23-24(2)13-17/h3-5,7,11-13,19H,6,8-10,14H2,1-2H3. The monoisotopic (exact) mass is 380 g/mol. The molecule has 0 bridgehead atoms. The maximum absolute atomic E-state index is 12.6. The molecule has 1 unspecified atom stereocenters. The molecule has 8 nitrogen and oxygen atoms in total. The fraction of sp³-hybridized carbons (Fsp3) is 0.400. The van der Waals surface area contributed by atoms with Crippen LogP contribution in [0.5, 0.6) is 0 Å². The molecular formula is C20H24N6O2. The van der Waals surface area contributed by atoms with Gasteiger partial charge in [0.1, 0.15) is 6.10 Å². The van der Waals surface area contributed by atoms with Crippen LogP contribution < -0.4 is 0 Å². The van der Waals surface area contributed by atoms with Crippen molar-refractivity contribution in [3.8, 4) is 11.1 Å². The smallest absolute Gasteiger partial charge is 0.224 e. The minimum Gasteiger partial charge on any atom is -0.368 e. The summed E-state index contributed by atoms with van der Waals surface area (Å²) in [4.78, 5) is 19.1. The molecule has 0 aromatic carbocycles. The Morgan fingerprint density at radius 2 is 2.11 bits per heavy atom. The predicted molar refractivity (Wildman–Crippen MR) is 103 cm³/mol. The first-order valence-corrected chi connectivity index (χ1v) is 9.43. The van der Waals surface area contributed by atoms with E-state index in [9.17, 15) is 4.79 Å². The van der Waals surface area contributed by atoms with Gasteiger partial charge in [-0.2, -0.15) is 10.2 Å². The fourth-order valence-electron chi connectivity index (χ4n) is 3.38. The van der Waals surface area contributed by atoms with E-state index in [4.69, 9.17) is 4.74 Å². The molecule has 0 saturated carbocycles. The van der Waals surface area contributed by atoms with E-state index in [-0.39, 0.29) is 12.0 Å². The highest BCUT2D eigenvalue weighted by molar-refractivity contribution is 5.76. The topological polar surface area (TPSA) is 78.1 Å². The van der Waals surface area contributed by atoms with Crippen molar-refractivity contribution in [2.24, 2.45) is 7.05 Å². The summed E-state index contributed by atoms with van der Waals surface area (Å²) in [5.41, 5.74) is 3.94. The molecule has 4 heterocycles. The largest absolute Gasteiger partial charge is 0.368 e. The third-order valence-corrected chi connectivity index (χ3v) is 5.04. The van der Waals surface area contributed by atoms with E-state index in [1.54, 1.807) is 10.9 Å². The SMILES string of the molecule is Cc1ccnn1CCC(=O)N1CCOC(c2ccc(-c3cnn(C)c3)cn2)C1. The zero-order chi connectivity index (χ0) is 19.5. The lowest BCUT2D eigenvalue weighted by Gasteiger charge is -2.32. The van der Waals surface area contributed by atoms with Crippen LogP contribution in [0.4, 0.5) is 0 Å². The van der Waals surface area contributed by atoms with E-state index < -0.39 is 0 Å². The van der Waals surface area contributed by atoms with Crippen molar-refractivity contribution in [2.75, 3.05) is 19.7 Å². The molecule has 3 aromatic rings. The number of carbonyl (C=O) groups is 1. The third-order valence-electron chi connectivity index (χ3n) is 5.04. The van der Waals surface area contributed by atoms with Gasteiger partial charge in [0.25, 0.3) is 0 Å². The average Bonchev–Trinajstić information content (AvgIpc) is 3.34. The fourth-order valence-corrected chi connectivity index (χ4v) is 3.38. The van der Waals surface area contributed by atoms with Crippen LogP contribution in [0, 0.1) is 6.92 Å². The lowest BCUT2D eigenvalue weighted by molar-refractivity contribution is -0.139. The Morgan fingerprint density at radius 3 is 2.79 bits per heavy atom. The van der Waals surface area contributed by atoms with Gasteiger partial charge >= 0.3 is 0 Å². The second-order valence-corrected chi connectivity index (χ2v) is 7.02. The van der Waals surface area contributed by atoms with E-state index in [1.807, 2.05) is 60.3 Å². The molecule has 1 aliphatic rings. The molecule has 0 radical (unpaired) electrons. The third kappa shape index (κ3) is 3.96. The van der Waals surface area contributed by atoms with Crippen molar-refractivity contribution in [3.63, 3.8) is 0 Å². The maximum Gasteiger partial charge on any atom is 0.224 e. The number of morpholine rings is 1. The highest BCUT2D eigenvalue weighted by Crippen LogP contribution is 2.24. The van der Waals surface area contributed by atoms with Crippen LogP contribution in [0.25, 0.3) is 11.1 Å². The Bertz CT molecular complexity index is 946. The molecule has 1 atom stereocenters. The number of amides is 1. The Hall–Kier alpha value is -3.00. The van der Waals surface area contributed by atoms with E-state index in [0.29, 0.717) is 32.7 Å². The second-order valence-electron chi connectivity index (χ2n) is 7.02. The minimum atomic E-state index is -0.202. The number of pyridine rings is 1. The summed E-state index contributed by atoms with van der Waals surface area (Å²) >= 11 is 0. The summed E-state index contributed by atoms with van der Waals surface area (Å²) in [5, 5.41) is 8.43. The molecule has 28 heavy (non-hydrogen) atoms. The molecule has 1 aliphatic heterocycles. The van der Waals surface area contributed by atoms with Crippen molar-refractivity contribution in [1.29, 1.82) is 0 Å². The number of hydrogen-bond donors (Lipinski definition) is 0. The molecule has 1 saturated heterocycles. The lowest BCUT2D eigenvalue weighted by atomic mass is 10.1. The summed E-state index contributed by atoms with van der Waals surface area (Å²) in [6.07, 6.45) is 7.59. The number of ether oxygens (including phenoxy) is 1. The molecule has 0 N–H and O–H groups in total. The molecular weight excluding hydrogens is 356 g/mol. The van der Waals surface area contributed by atoms with Gasteiger partial charge in [-0.25, -0.2) is 0 Å². The first-order valence-electron chi connectivity index (χ1n) is 9.43. The Balaban J connectivity index is 1.37. The normalized spacial score (nSPS) is 17.1. The molecule has 1 amide bonds. The summed E-state index contributed by atoms with van der Waals surface area (Å²) in [7, 11) is 1.89. The summed E-state index contributed by atoms with van der Waals surface area (Å²) in [6, 6.07) is 5.92. The number of hydrogen-bond acceptors (Lipinski definition) is 5. The van der Waals surface area contributed by atoms with Gasteiger partial charge in [-0.05, 0) is 19.1 Å². The molecule has 8 heteroatoms. The zero-order valence-electron chi connectivity index (χ0n) is 16.2. The molecule has 1 fully saturated rings. The van der Waals surface area contributed by atoms with E-state index in [1.165, 1.54) is 0 Å². The van der Waals surface area contributed by atoms with Gasteiger partial charge < -0.3 is 9.64 Å². The molecule has 0 aliphatic carbocycles. The van der Waals surface area contributed by atoms with Crippen LogP contribution in [0.1, 0.15) is 23.9 Å². The van der Waals surface area contributed by atoms with Gasteiger partial charge in [-0.1, -0.05) is 6.07 Å². The van der Waals surface area contributed by atoms with Crippen LogP contribution in [-0.2, 0) is 23.1 Å². The summed E-state index contributed by atoms with van der Waals surface area (Å²) in [5.74, 6) is 0.121. The summed E-state index contributed by atoms with van der Waals surface area (Å²) < 4.78 is 9.49. The number of aryl methyl sites for hydroxylation is 3. The van der Waals surface area contributed by atoms with E-state index >= 15 is 0 Å². The Kier molecular flexibility index (Phi) is 5.21. The molecule has 4 rings (SSSR count). The first-order chi connectivity index (χ1) is 13.6. The van der Waals surface area contributed by atoms with Gasteiger partial charge in [0, 0.05) is 62.0 Å². The van der Waals surface area contributed by atoms with Crippen LogP contribution in [-0.4, -0.2) is 55.0 Å². The van der Waals surface area contributed by atoms with Gasteiger partial charge in [0.15, 0.2) is 0 Å². The van der Waals surface area contributed by atoms with Crippen LogP contribution in [0.3, 0.4) is 0 Å². The number of carbonyl (C=O) groups excluding carboxylic acids is 1. The predicted octanol–water partition coefficient (Wildman–Crippen LogP) is 1.98. The van der Waals surface area contributed by atoms with Crippen molar-refractivity contribution in [3.05, 3.63) is 54.4 Å². The Morgan fingerprint density at radius 1 is 1.21 bits per heavy atom. The van der Waals surface area contributed by atoms with Gasteiger partial charge in [0.2, 0.25) is 5.91 Å². The van der Waals surface area contributed by atoms with E-state index in [2.05, 4.69) is 15.2 Å². The maximum atomic E-state index is 12.6. The Labute approximate surface area is 163 Å². The second kappa shape index (κ2) is 7.93. The zero-order valence-corrected chi connectivity index (χ0v) is 16.2. The van der Waals surface area contributed by atoms with Crippen molar-refractivity contribution >= 4 is 5.91 Å². The quantitative estimate of drug-likeness (QED) is 0.676. The highest BCUT2D eigenvalue weighted by atomic mass is 16.5. The van der Waals surface area contributed by atoms with Gasteiger partial charge in [0.05, 0.1) is 25.0 Å². The number of aromatic nitrogens is 5. The van der Waals surface area contributed by atoms with Gasteiger partial charge in [-0.3, -0.25) is 19.1 Å². The van der Waals surface area contributed by atoms with Crippen LogP contribution >= 0.6 is 0 Å². The van der Waals surface area contributed by atoms with Crippen LogP contribution in [0.2, 0.25) is 0 Å². The van der Waals surface area contributed by atoms with E-state index in [0.717, 1.165) is 22.5 Å². The summed E-state index contributed by atoms with van der Waals surface area (Å²) in [6.45, 7) is 4.24. The van der Waals surface area contributed by atoms with Crippen molar-refractivity contribution in [2.45, 2.75) is 26.0 Å². The molecule has 3 aromatic heterocycles. The van der Waals surface area contributed by atoms with Crippen molar-refractivity contribution in [1.82, 2.24) is 29.4 Å². The number of nitrogens with zero attached hydrogens (tertiary/aromatic N) is 6. The number of rotatable bonds is 5. The van der Waals surface area contributed by atoms with Crippen molar-refractivity contribution < 1.29 is 9.53 Å². The van der Waals surface area contributed by atoms with Gasteiger partial charge in [-0.15, -0.1) is 0 Å².